The van der Waals surface area contributed by atoms with E-state index in [-0.39, 0.29) is 30.2 Å². The Kier molecular flexibility index (Phi) is 7.57. The molecule has 2 unspecified atom stereocenters. The van der Waals surface area contributed by atoms with Gasteiger partial charge in [0.2, 0.25) is 0 Å². The second-order valence-electron chi connectivity index (χ2n) is 8.13. The van der Waals surface area contributed by atoms with Crippen molar-refractivity contribution >= 4 is 23.2 Å². The molecule has 1 amide bonds. The molecule has 1 saturated heterocycles. The molecule has 0 aliphatic carbocycles. The molecule has 2 heterocycles. The zero-order chi connectivity index (χ0) is 22.5. The van der Waals surface area contributed by atoms with Crippen LogP contribution in [0.25, 0.3) is 0 Å². The Hall–Kier alpha value is -2.57. The number of anilines is 1. The number of halogens is 1. The van der Waals surface area contributed by atoms with Crippen LogP contribution in [0.2, 0.25) is 5.02 Å². The zero-order valence-electron chi connectivity index (χ0n) is 18.3. The summed E-state index contributed by atoms with van der Waals surface area (Å²) in [6.07, 6.45) is 4.60. The highest BCUT2D eigenvalue weighted by atomic mass is 35.5. The number of hydrogen-bond acceptors (Lipinski definition) is 4. The van der Waals surface area contributed by atoms with Crippen molar-refractivity contribution in [3.8, 4) is 0 Å². The normalized spacial score (nSPS) is 18.5. The third-order valence-electron chi connectivity index (χ3n) is 5.69. The summed E-state index contributed by atoms with van der Waals surface area (Å²) in [5.41, 5.74) is 4.16. The van der Waals surface area contributed by atoms with Gasteiger partial charge in [0, 0.05) is 46.7 Å². The van der Waals surface area contributed by atoms with Gasteiger partial charge in [0.15, 0.2) is 0 Å². The van der Waals surface area contributed by atoms with Gasteiger partial charge in [-0.15, -0.1) is 6.58 Å². The van der Waals surface area contributed by atoms with Crippen molar-refractivity contribution in [3.63, 3.8) is 0 Å². The molecule has 7 heteroatoms. The molecular formula is C24H30ClN3O3. The molecule has 31 heavy (non-hydrogen) atoms. The lowest BCUT2D eigenvalue weighted by Gasteiger charge is -2.31. The molecule has 0 radical (unpaired) electrons. The Labute approximate surface area is 188 Å². The van der Waals surface area contributed by atoms with Crippen LogP contribution >= 0.6 is 11.6 Å². The van der Waals surface area contributed by atoms with Crippen molar-refractivity contribution in [3.05, 3.63) is 74.2 Å². The van der Waals surface area contributed by atoms with E-state index in [4.69, 9.17) is 16.3 Å². The number of amides is 1. The number of hydrogen-bond donors (Lipinski definition) is 3. The van der Waals surface area contributed by atoms with E-state index in [1.54, 1.807) is 6.07 Å². The minimum atomic E-state index is -0.265. The lowest BCUT2D eigenvalue weighted by Crippen LogP contribution is -2.34. The smallest absolute Gasteiger partial charge is 0.253 e. The maximum Gasteiger partial charge on any atom is 0.253 e. The van der Waals surface area contributed by atoms with Crippen LogP contribution in [0, 0.1) is 20.8 Å². The first kappa shape index (κ1) is 23.1. The van der Waals surface area contributed by atoms with Crippen molar-refractivity contribution in [1.29, 1.82) is 0 Å². The number of H-pyrrole nitrogens is 1. The molecule has 2 aromatic rings. The van der Waals surface area contributed by atoms with Crippen LogP contribution in [0.3, 0.4) is 0 Å². The minimum absolute atomic E-state index is 0.151. The van der Waals surface area contributed by atoms with Gasteiger partial charge < -0.3 is 20.4 Å². The van der Waals surface area contributed by atoms with Crippen LogP contribution < -0.4 is 16.2 Å². The Bertz CT molecular complexity index is 1030. The predicted octanol–water partition coefficient (Wildman–Crippen LogP) is 4.42. The van der Waals surface area contributed by atoms with Gasteiger partial charge in [0.1, 0.15) is 0 Å². The van der Waals surface area contributed by atoms with Gasteiger partial charge in [-0.05, 0) is 69.4 Å². The van der Waals surface area contributed by atoms with Crippen LogP contribution in [0.4, 0.5) is 5.69 Å². The van der Waals surface area contributed by atoms with E-state index in [0.29, 0.717) is 22.8 Å². The van der Waals surface area contributed by atoms with Gasteiger partial charge in [-0.1, -0.05) is 17.7 Å². The lowest BCUT2D eigenvalue weighted by molar-refractivity contribution is 0.0134. The first-order valence-corrected chi connectivity index (χ1v) is 10.9. The highest BCUT2D eigenvalue weighted by molar-refractivity contribution is 6.31. The number of pyridine rings is 1. The molecule has 1 aliphatic heterocycles. The van der Waals surface area contributed by atoms with E-state index in [0.717, 1.165) is 41.8 Å². The fourth-order valence-corrected chi connectivity index (χ4v) is 4.23. The summed E-state index contributed by atoms with van der Waals surface area (Å²) in [5, 5.41) is 6.88. The molecule has 3 N–H and O–H groups in total. The van der Waals surface area contributed by atoms with E-state index in [1.165, 1.54) is 0 Å². The summed E-state index contributed by atoms with van der Waals surface area (Å²) in [6, 6.07) is 5.64. The average molecular weight is 444 g/mol. The van der Waals surface area contributed by atoms with Crippen molar-refractivity contribution < 1.29 is 9.53 Å². The Balaban J connectivity index is 1.75. The first-order valence-electron chi connectivity index (χ1n) is 10.5. The zero-order valence-corrected chi connectivity index (χ0v) is 19.1. The molecular weight excluding hydrogens is 414 g/mol. The molecule has 0 bridgehead atoms. The molecule has 6 nitrogen and oxygen atoms in total. The Morgan fingerprint density at radius 2 is 2.10 bits per heavy atom. The number of aromatic amines is 1. The lowest BCUT2D eigenvalue weighted by atomic mass is 9.99. The van der Waals surface area contributed by atoms with E-state index >= 15 is 0 Å². The highest BCUT2D eigenvalue weighted by Crippen LogP contribution is 2.28. The molecule has 0 saturated carbocycles. The van der Waals surface area contributed by atoms with E-state index in [1.807, 2.05) is 39.0 Å². The van der Waals surface area contributed by atoms with Crippen LogP contribution in [0.1, 0.15) is 52.0 Å². The number of benzene rings is 1. The third kappa shape index (κ3) is 5.77. The fourth-order valence-electron chi connectivity index (χ4n) is 4.01. The van der Waals surface area contributed by atoms with Gasteiger partial charge in [0.05, 0.1) is 6.10 Å². The molecule has 0 spiro atoms. The van der Waals surface area contributed by atoms with Crippen molar-refractivity contribution in [2.24, 2.45) is 0 Å². The quantitative estimate of drug-likeness (QED) is 0.553. The topological polar surface area (TPSA) is 83.2 Å². The number of nitrogens with one attached hydrogen (secondary N) is 3. The largest absolute Gasteiger partial charge is 0.382 e. The molecule has 1 aromatic carbocycles. The van der Waals surface area contributed by atoms with E-state index in [2.05, 4.69) is 22.2 Å². The highest BCUT2D eigenvalue weighted by Gasteiger charge is 2.23. The van der Waals surface area contributed by atoms with Gasteiger partial charge in [0.25, 0.3) is 11.5 Å². The monoisotopic (exact) mass is 443 g/mol. The molecule has 1 aromatic heterocycles. The number of rotatable bonds is 7. The maximum atomic E-state index is 12.9. The minimum Gasteiger partial charge on any atom is -0.382 e. The van der Waals surface area contributed by atoms with E-state index in [9.17, 15) is 9.59 Å². The Morgan fingerprint density at radius 1 is 1.32 bits per heavy atom. The average Bonchev–Trinajstić information content (AvgIpc) is 2.70. The summed E-state index contributed by atoms with van der Waals surface area (Å²) in [6.45, 7) is 10.2. The van der Waals surface area contributed by atoms with Crippen molar-refractivity contribution in [1.82, 2.24) is 10.3 Å². The SMILES string of the molecule is C=CCC1CC(Nc2cc(Cl)cc(C(=O)NCc3c(C)cc(C)[nH]c3=O)c2C)CCO1. The van der Waals surface area contributed by atoms with Gasteiger partial charge >= 0.3 is 0 Å². The molecule has 2 atom stereocenters. The summed E-state index contributed by atoms with van der Waals surface area (Å²) in [4.78, 5) is 27.9. The Morgan fingerprint density at radius 3 is 2.81 bits per heavy atom. The van der Waals surface area contributed by atoms with E-state index < -0.39 is 0 Å². The van der Waals surface area contributed by atoms with Crippen LogP contribution in [-0.2, 0) is 11.3 Å². The van der Waals surface area contributed by atoms with Gasteiger partial charge in [-0.2, -0.15) is 0 Å². The molecule has 1 fully saturated rings. The number of ether oxygens (including phenoxy) is 1. The maximum absolute atomic E-state index is 12.9. The number of aryl methyl sites for hydroxylation is 2. The first-order chi connectivity index (χ1) is 14.8. The summed E-state index contributed by atoms with van der Waals surface area (Å²) < 4.78 is 5.77. The molecule has 166 valence electrons. The summed E-state index contributed by atoms with van der Waals surface area (Å²) in [7, 11) is 0. The second kappa shape index (κ2) is 10.2. The van der Waals surface area contributed by atoms with Crippen LogP contribution in [0.15, 0.2) is 35.6 Å². The summed E-state index contributed by atoms with van der Waals surface area (Å²) in [5.74, 6) is -0.265. The summed E-state index contributed by atoms with van der Waals surface area (Å²) >= 11 is 6.33. The number of carbonyl (C=O) groups excluding carboxylic acids is 1. The fraction of sp³-hybridized carbons (Fsp3) is 0.417. The molecule has 3 rings (SSSR count). The molecule has 1 aliphatic rings. The predicted molar refractivity (Wildman–Crippen MR) is 125 cm³/mol. The van der Waals surface area contributed by atoms with Crippen LogP contribution in [0.5, 0.6) is 0 Å². The van der Waals surface area contributed by atoms with Crippen LogP contribution in [-0.4, -0.2) is 29.6 Å². The number of aromatic nitrogens is 1. The second-order valence-corrected chi connectivity index (χ2v) is 8.57. The third-order valence-corrected chi connectivity index (χ3v) is 5.91. The standard InChI is InChI=1S/C24H30ClN3O3/c1-5-6-19-12-18(7-8-31-19)28-22-11-17(25)10-20(16(22)4)23(29)26-13-21-14(2)9-15(3)27-24(21)30/h5,9-11,18-19,28H,1,6-8,12-13H2,2-4H3,(H,26,29)(H,27,30). The van der Waals surface area contributed by atoms with Gasteiger partial charge in [-0.3, -0.25) is 9.59 Å². The van der Waals surface area contributed by atoms with Gasteiger partial charge in [-0.25, -0.2) is 0 Å². The van der Waals surface area contributed by atoms with Crippen molar-refractivity contribution in [2.75, 3.05) is 11.9 Å². The van der Waals surface area contributed by atoms with Crippen molar-refractivity contribution in [2.45, 2.75) is 58.7 Å². The number of carbonyl (C=O) groups is 1.